The van der Waals surface area contributed by atoms with E-state index in [9.17, 15) is 4.39 Å². The SMILES string of the molecule is CCOc1ccc(NC2=NC(C)C(C)CS2)cc1F. The van der Waals surface area contributed by atoms with Gasteiger partial charge in [0.05, 0.1) is 12.6 Å². The van der Waals surface area contributed by atoms with Gasteiger partial charge in [0.15, 0.2) is 16.7 Å². The fourth-order valence-electron chi connectivity index (χ4n) is 1.74. The summed E-state index contributed by atoms with van der Waals surface area (Å²) in [7, 11) is 0. The van der Waals surface area contributed by atoms with Crippen molar-refractivity contribution >= 4 is 22.6 Å². The van der Waals surface area contributed by atoms with Crippen LogP contribution < -0.4 is 10.1 Å². The van der Waals surface area contributed by atoms with Gasteiger partial charge in [-0.3, -0.25) is 4.99 Å². The van der Waals surface area contributed by atoms with Crippen molar-refractivity contribution < 1.29 is 9.13 Å². The van der Waals surface area contributed by atoms with Gasteiger partial charge in [-0.2, -0.15) is 0 Å². The lowest BCUT2D eigenvalue weighted by molar-refractivity contribution is 0.321. The second-order valence-electron chi connectivity index (χ2n) is 4.67. The normalized spacial score (nSPS) is 22.8. The Kier molecular flexibility index (Phi) is 4.69. The van der Waals surface area contributed by atoms with E-state index in [1.54, 1.807) is 23.9 Å². The Morgan fingerprint density at radius 1 is 1.47 bits per heavy atom. The van der Waals surface area contributed by atoms with Crippen molar-refractivity contribution in [3.05, 3.63) is 24.0 Å². The average molecular weight is 282 g/mol. The zero-order chi connectivity index (χ0) is 13.8. The molecule has 0 spiro atoms. The van der Waals surface area contributed by atoms with E-state index >= 15 is 0 Å². The molecule has 5 heteroatoms. The van der Waals surface area contributed by atoms with Crippen molar-refractivity contribution in [2.75, 3.05) is 17.7 Å². The monoisotopic (exact) mass is 282 g/mol. The molecule has 1 heterocycles. The van der Waals surface area contributed by atoms with Crippen molar-refractivity contribution in [1.29, 1.82) is 0 Å². The van der Waals surface area contributed by atoms with Crippen LogP contribution in [0.2, 0.25) is 0 Å². The van der Waals surface area contributed by atoms with E-state index in [0.29, 0.717) is 24.3 Å². The molecule has 2 rings (SSSR count). The minimum atomic E-state index is -0.352. The molecule has 0 saturated carbocycles. The molecule has 1 aliphatic heterocycles. The molecule has 2 atom stereocenters. The quantitative estimate of drug-likeness (QED) is 0.916. The van der Waals surface area contributed by atoms with Crippen LogP contribution in [-0.4, -0.2) is 23.6 Å². The number of halogens is 1. The number of rotatable bonds is 3. The summed E-state index contributed by atoms with van der Waals surface area (Å²) in [5.74, 6) is 1.54. The van der Waals surface area contributed by atoms with Crippen molar-refractivity contribution in [2.24, 2.45) is 10.9 Å². The molecule has 19 heavy (non-hydrogen) atoms. The van der Waals surface area contributed by atoms with E-state index in [1.807, 2.05) is 6.92 Å². The van der Waals surface area contributed by atoms with Crippen LogP contribution in [-0.2, 0) is 0 Å². The summed E-state index contributed by atoms with van der Waals surface area (Å²) >= 11 is 1.68. The topological polar surface area (TPSA) is 33.6 Å². The molecule has 1 aromatic carbocycles. The molecule has 1 N–H and O–H groups in total. The molecule has 0 aliphatic carbocycles. The minimum Gasteiger partial charge on any atom is -0.491 e. The van der Waals surface area contributed by atoms with Crippen molar-refractivity contribution in [3.8, 4) is 5.75 Å². The number of anilines is 1. The van der Waals surface area contributed by atoms with Gasteiger partial charge in [-0.25, -0.2) is 4.39 Å². The second-order valence-corrected chi connectivity index (χ2v) is 5.68. The number of aliphatic imine (C=N–C) groups is 1. The molecule has 0 aromatic heterocycles. The van der Waals surface area contributed by atoms with Gasteiger partial charge in [0.2, 0.25) is 0 Å². The number of nitrogens with zero attached hydrogens (tertiary/aromatic N) is 1. The highest BCUT2D eigenvalue weighted by Gasteiger charge is 2.19. The van der Waals surface area contributed by atoms with Gasteiger partial charge in [0, 0.05) is 17.5 Å². The Morgan fingerprint density at radius 2 is 2.26 bits per heavy atom. The van der Waals surface area contributed by atoms with E-state index in [4.69, 9.17) is 4.74 Å². The van der Waals surface area contributed by atoms with Crippen molar-refractivity contribution in [3.63, 3.8) is 0 Å². The molecule has 0 radical (unpaired) electrons. The summed E-state index contributed by atoms with van der Waals surface area (Å²) in [6, 6.07) is 5.19. The highest BCUT2D eigenvalue weighted by atomic mass is 32.2. The third-order valence-corrected chi connectivity index (χ3v) is 4.28. The summed E-state index contributed by atoms with van der Waals surface area (Å²) < 4.78 is 18.9. The average Bonchev–Trinajstić information content (AvgIpc) is 2.37. The van der Waals surface area contributed by atoms with E-state index in [1.165, 1.54) is 6.07 Å². The fraction of sp³-hybridized carbons (Fsp3) is 0.500. The van der Waals surface area contributed by atoms with Crippen LogP contribution in [0.15, 0.2) is 23.2 Å². The van der Waals surface area contributed by atoms with Crippen molar-refractivity contribution in [1.82, 2.24) is 0 Å². The van der Waals surface area contributed by atoms with Gasteiger partial charge in [0.25, 0.3) is 0 Å². The van der Waals surface area contributed by atoms with E-state index < -0.39 is 0 Å². The first-order valence-electron chi connectivity index (χ1n) is 6.50. The number of hydrogen-bond acceptors (Lipinski definition) is 4. The van der Waals surface area contributed by atoms with Gasteiger partial charge in [-0.05, 0) is 31.9 Å². The Labute approximate surface area is 117 Å². The van der Waals surface area contributed by atoms with Crippen LogP contribution >= 0.6 is 11.8 Å². The lowest BCUT2D eigenvalue weighted by atomic mass is 10.1. The smallest absolute Gasteiger partial charge is 0.167 e. The number of hydrogen-bond donors (Lipinski definition) is 1. The van der Waals surface area contributed by atoms with Crippen molar-refractivity contribution in [2.45, 2.75) is 26.8 Å². The third kappa shape index (κ3) is 3.62. The maximum absolute atomic E-state index is 13.7. The van der Waals surface area contributed by atoms with Crippen LogP contribution in [0.1, 0.15) is 20.8 Å². The zero-order valence-corrected chi connectivity index (χ0v) is 12.3. The summed E-state index contributed by atoms with van der Waals surface area (Å²) in [6.45, 7) is 6.59. The molecule has 104 valence electrons. The highest BCUT2D eigenvalue weighted by molar-refractivity contribution is 8.14. The molecular formula is C14H19FN2OS. The predicted molar refractivity (Wildman–Crippen MR) is 79.7 cm³/mol. The van der Waals surface area contributed by atoms with Gasteiger partial charge < -0.3 is 10.1 Å². The van der Waals surface area contributed by atoms with Gasteiger partial charge >= 0.3 is 0 Å². The second kappa shape index (κ2) is 6.28. The molecule has 1 aliphatic rings. The number of nitrogens with one attached hydrogen (secondary N) is 1. The summed E-state index contributed by atoms with van der Waals surface area (Å²) in [6.07, 6.45) is 0. The first kappa shape index (κ1) is 14.2. The van der Waals surface area contributed by atoms with E-state index in [-0.39, 0.29) is 11.6 Å². The van der Waals surface area contributed by atoms with E-state index in [0.717, 1.165) is 10.9 Å². The summed E-state index contributed by atoms with van der Waals surface area (Å²) in [5, 5.41) is 4.02. The lowest BCUT2D eigenvalue weighted by Crippen LogP contribution is -2.25. The largest absolute Gasteiger partial charge is 0.491 e. The molecule has 3 nitrogen and oxygen atoms in total. The molecule has 1 aromatic rings. The molecule has 2 unspecified atom stereocenters. The molecular weight excluding hydrogens is 263 g/mol. The minimum absolute atomic E-state index is 0.285. The predicted octanol–water partition coefficient (Wildman–Crippen LogP) is 3.76. The number of benzene rings is 1. The molecule has 0 bridgehead atoms. The third-order valence-electron chi connectivity index (χ3n) is 3.11. The first-order chi connectivity index (χ1) is 9.10. The van der Waals surface area contributed by atoms with Crippen LogP contribution in [0.3, 0.4) is 0 Å². The highest BCUT2D eigenvalue weighted by Crippen LogP contribution is 2.26. The number of amidine groups is 1. The Hall–Kier alpha value is -1.23. The first-order valence-corrected chi connectivity index (χ1v) is 7.48. The fourth-order valence-corrected chi connectivity index (χ4v) is 2.87. The Balaban J connectivity index is 2.07. The molecule has 0 fully saturated rings. The Bertz CT molecular complexity index is 479. The van der Waals surface area contributed by atoms with E-state index in [2.05, 4.69) is 24.2 Å². The van der Waals surface area contributed by atoms with Gasteiger partial charge in [-0.15, -0.1) is 0 Å². The maximum atomic E-state index is 13.7. The van der Waals surface area contributed by atoms with Gasteiger partial charge in [-0.1, -0.05) is 18.7 Å². The maximum Gasteiger partial charge on any atom is 0.167 e. The van der Waals surface area contributed by atoms with Crippen LogP contribution in [0, 0.1) is 11.7 Å². The lowest BCUT2D eigenvalue weighted by Gasteiger charge is -2.23. The summed E-state index contributed by atoms with van der Waals surface area (Å²) in [5.41, 5.74) is 0.703. The Morgan fingerprint density at radius 3 is 2.89 bits per heavy atom. The number of ether oxygens (including phenoxy) is 1. The van der Waals surface area contributed by atoms with Gasteiger partial charge in [0.1, 0.15) is 0 Å². The standard InChI is InChI=1S/C14H19FN2OS/c1-4-18-13-6-5-11(7-12(13)15)17-14-16-10(3)9(2)8-19-14/h5-7,9-10H,4,8H2,1-3H3,(H,16,17). The van der Waals surface area contributed by atoms with Crippen LogP contribution in [0.5, 0.6) is 5.75 Å². The zero-order valence-electron chi connectivity index (χ0n) is 11.4. The molecule has 0 saturated heterocycles. The summed E-state index contributed by atoms with van der Waals surface area (Å²) in [4.78, 5) is 4.56. The molecule has 0 amide bonds. The van der Waals surface area contributed by atoms with Crippen LogP contribution in [0.4, 0.5) is 10.1 Å². The number of thioether (sulfide) groups is 1. The van der Waals surface area contributed by atoms with Crippen LogP contribution in [0.25, 0.3) is 0 Å².